The number of nitrogens with zero attached hydrogens (tertiary/aromatic N) is 2. The van der Waals surface area contributed by atoms with E-state index in [1.807, 2.05) is 36.4 Å². The molecule has 0 radical (unpaired) electrons. The first-order valence-corrected chi connectivity index (χ1v) is 11.6. The van der Waals surface area contributed by atoms with Crippen LogP contribution < -0.4 is 0 Å². The van der Waals surface area contributed by atoms with Gasteiger partial charge in [-0.2, -0.15) is 4.37 Å². The van der Waals surface area contributed by atoms with E-state index in [1.54, 1.807) is 13.0 Å². The van der Waals surface area contributed by atoms with E-state index in [0.29, 0.717) is 16.5 Å². The van der Waals surface area contributed by atoms with Crippen molar-refractivity contribution in [2.24, 2.45) is 0 Å². The number of rotatable bonds is 10. The second kappa shape index (κ2) is 10.8. The van der Waals surface area contributed by atoms with Gasteiger partial charge in [0.1, 0.15) is 10.8 Å². The van der Waals surface area contributed by atoms with Crippen molar-refractivity contribution in [3.63, 3.8) is 0 Å². The molecule has 1 unspecified atom stereocenters. The number of aromatic nitrogens is 2. The molecule has 0 amide bonds. The van der Waals surface area contributed by atoms with Crippen molar-refractivity contribution >= 4 is 23.1 Å². The smallest absolute Gasteiger partial charge is 0.173 e. The van der Waals surface area contributed by atoms with Gasteiger partial charge >= 0.3 is 0 Å². The Labute approximate surface area is 182 Å². The maximum atomic E-state index is 13.7. The Kier molecular flexibility index (Phi) is 8.19. The van der Waals surface area contributed by atoms with Crippen LogP contribution in [0.3, 0.4) is 0 Å². The van der Waals surface area contributed by atoms with E-state index in [2.05, 4.69) is 11.3 Å². The number of hydrogen-bond donors (Lipinski definition) is 0. The molecule has 0 aliphatic heterocycles. The number of aryl methyl sites for hydroxylation is 2. The largest absolute Gasteiger partial charge is 0.219 e. The van der Waals surface area contributed by atoms with Gasteiger partial charge in [-0.3, -0.25) is 0 Å². The lowest BCUT2D eigenvalue weighted by molar-refractivity contribution is 0.521. The molecule has 1 atom stereocenters. The molecule has 0 aliphatic carbocycles. The Hall–Kier alpha value is -1.78. The molecule has 5 heteroatoms. The molecule has 3 aromatic rings. The maximum absolute atomic E-state index is 13.7. The molecule has 29 heavy (non-hydrogen) atoms. The van der Waals surface area contributed by atoms with Crippen molar-refractivity contribution in [3.05, 3.63) is 69.4 Å². The molecule has 0 bridgehead atoms. The van der Waals surface area contributed by atoms with Gasteiger partial charge in [0.15, 0.2) is 5.82 Å². The van der Waals surface area contributed by atoms with Gasteiger partial charge in [-0.25, -0.2) is 9.37 Å². The maximum Gasteiger partial charge on any atom is 0.173 e. The van der Waals surface area contributed by atoms with Gasteiger partial charge in [0.25, 0.3) is 0 Å². The van der Waals surface area contributed by atoms with Crippen molar-refractivity contribution in [1.82, 2.24) is 9.36 Å². The summed E-state index contributed by atoms with van der Waals surface area (Å²) in [6.07, 6.45) is 7.73. The van der Waals surface area contributed by atoms with Gasteiger partial charge in [-0.15, -0.1) is 0 Å². The minimum Gasteiger partial charge on any atom is -0.219 e. The van der Waals surface area contributed by atoms with E-state index in [1.165, 1.54) is 11.5 Å². The summed E-state index contributed by atoms with van der Waals surface area (Å²) in [7, 11) is 0. The van der Waals surface area contributed by atoms with Crippen LogP contribution >= 0.6 is 23.1 Å². The van der Waals surface area contributed by atoms with E-state index in [9.17, 15) is 4.39 Å². The minimum atomic E-state index is -0.0997. The topological polar surface area (TPSA) is 25.8 Å². The van der Waals surface area contributed by atoms with Crippen LogP contribution in [0.2, 0.25) is 5.02 Å². The van der Waals surface area contributed by atoms with Gasteiger partial charge < -0.3 is 0 Å². The normalized spacial score (nSPS) is 12.3. The van der Waals surface area contributed by atoms with Crippen LogP contribution in [-0.4, -0.2) is 9.36 Å². The molecule has 0 aliphatic rings. The zero-order valence-corrected chi connectivity index (χ0v) is 18.7. The predicted octanol–water partition coefficient (Wildman–Crippen LogP) is 7.99. The third kappa shape index (κ3) is 6.35. The van der Waals surface area contributed by atoms with Crippen LogP contribution in [0.25, 0.3) is 11.4 Å². The Bertz CT molecular complexity index is 925. The summed E-state index contributed by atoms with van der Waals surface area (Å²) in [6, 6.07) is 13.3. The van der Waals surface area contributed by atoms with Crippen LogP contribution in [0, 0.1) is 12.7 Å². The summed E-state index contributed by atoms with van der Waals surface area (Å²) in [5.74, 6) is 1.13. The van der Waals surface area contributed by atoms with E-state index >= 15 is 0 Å². The highest BCUT2D eigenvalue weighted by Crippen LogP contribution is 2.31. The molecule has 154 valence electrons. The molecule has 2 nitrogen and oxygen atoms in total. The molecule has 2 aromatic carbocycles. The van der Waals surface area contributed by atoms with E-state index in [0.717, 1.165) is 66.9 Å². The first-order valence-electron chi connectivity index (χ1n) is 10.4. The highest BCUT2D eigenvalue weighted by molar-refractivity contribution is 7.05. The molecule has 0 spiro atoms. The third-order valence-electron chi connectivity index (χ3n) is 5.27. The average molecular weight is 431 g/mol. The SMILES string of the molecule is CCCC(CCCCCc1ccc(C)c(F)c1)c1nc(-c2cccc(Cl)c2)ns1. The number of unbranched alkanes of at least 4 members (excludes halogenated alkanes) is 2. The van der Waals surface area contributed by atoms with Crippen LogP contribution in [0.5, 0.6) is 0 Å². The van der Waals surface area contributed by atoms with Crippen molar-refractivity contribution in [1.29, 1.82) is 0 Å². The fourth-order valence-electron chi connectivity index (χ4n) is 3.57. The highest BCUT2D eigenvalue weighted by Gasteiger charge is 2.17. The van der Waals surface area contributed by atoms with Gasteiger partial charge in [0.2, 0.25) is 0 Å². The number of benzene rings is 2. The number of hydrogen-bond acceptors (Lipinski definition) is 3. The molecule has 1 heterocycles. The first kappa shape index (κ1) is 21.9. The van der Waals surface area contributed by atoms with Gasteiger partial charge in [0, 0.05) is 16.5 Å². The fourth-order valence-corrected chi connectivity index (χ4v) is 4.60. The Morgan fingerprint density at radius 1 is 1.07 bits per heavy atom. The van der Waals surface area contributed by atoms with Gasteiger partial charge in [-0.05, 0) is 73.5 Å². The van der Waals surface area contributed by atoms with Gasteiger partial charge in [0.05, 0.1) is 0 Å². The molecular formula is C24H28ClFN2S. The predicted molar refractivity (Wildman–Crippen MR) is 121 cm³/mol. The summed E-state index contributed by atoms with van der Waals surface area (Å²) in [4.78, 5) is 4.81. The standard InChI is InChI=1S/C24H28ClFN2S/c1-3-8-19(10-6-4-5-9-18-14-13-17(2)22(26)15-18)24-27-23(28-29-24)20-11-7-12-21(25)16-20/h7,11-16,19H,3-6,8-10H2,1-2H3. The van der Waals surface area contributed by atoms with Crippen molar-refractivity contribution in [2.45, 2.75) is 64.7 Å². The Balaban J connectivity index is 1.51. The third-order valence-corrected chi connectivity index (χ3v) is 6.38. The van der Waals surface area contributed by atoms with Crippen molar-refractivity contribution in [2.75, 3.05) is 0 Å². The first-order chi connectivity index (χ1) is 14.1. The number of halogens is 2. The fraction of sp³-hybridized carbons (Fsp3) is 0.417. The molecule has 3 rings (SSSR count). The highest BCUT2D eigenvalue weighted by atomic mass is 35.5. The average Bonchev–Trinajstić information content (AvgIpc) is 3.20. The minimum absolute atomic E-state index is 0.0997. The van der Waals surface area contributed by atoms with Crippen molar-refractivity contribution in [3.8, 4) is 11.4 Å². The van der Waals surface area contributed by atoms with E-state index in [-0.39, 0.29) is 5.82 Å². The summed E-state index contributed by atoms with van der Waals surface area (Å²) in [5, 5.41) is 1.83. The van der Waals surface area contributed by atoms with Crippen LogP contribution in [-0.2, 0) is 6.42 Å². The molecule has 1 aromatic heterocycles. The molecular weight excluding hydrogens is 403 g/mol. The van der Waals surface area contributed by atoms with Crippen molar-refractivity contribution < 1.29 is 4.39 Å². The van der Waals surface area contributed by atoms with E-state index in [4.69, 9.17) is 16.6 Å². The second-order valence-electron chi connectivity index (χ2n) is 7.64. The quantitative estimate of drug-likeness (QED) is 0.304. The molecule has 0 saturated heterocycles. The molecule has 0 N–H and O–H groups in total. The molecule has 0 fully saturated rings. The van der Waals surface area contributed by atoms with Crippen LogP contribution in [0.4, 0.5) is 4.39 Å². The van der Waals surface area contributed by atoms with Gasteiger partial charge in [-0.1, -0.05) is 62.1 Å². The Morgan fingerprint density at radius 2 is 1.93 bits per heavy atom. The summed E-state index contributed by atoms with van der Waals surface area (Å²) >= 11 is 7.62. The summed E-state index contributed by atoms with van der Waals surface area (Å²) < 4.78 is 18.2. The van der Waals surface area contributed by atoms with Crippen LogP contribution in [0.1, 0.15) is 67.5 Å². The van der Waals surface area contributed by atoms with E-state index < -0.39 is 0 Å². The van der Waals surface area contributed by atoms with Crippen LogP contribution in [0.15, 0.2) is 42.5 Å². The zero-order valence-electron chi connectivity index (χ0n) is 17.1. The summed E-state index contributed by atoms with van der Waals surface area (Å²) in [5.41, 5.74) is 2.78. The lowest BCUT2D eigenvalue weighted by Crippen LogP contribution is -1.99. The Morgan fingerprint density at radius 3 is 2.69 bits per heavy atom. The monoisotopic (exact) mass is 430 g/mol. The lowest BCUT2D eigenvalue weighted by atomic mass is 9.96. The molecule has 0 saturated carbocycles. The summed E-state index contributed by atoms with van der Waals surface area (Å²) in [6.45, 7) is 4.02. The lowest BCUT2D eigenvalue weighted by Gasteiger charge is -2.12. The zero-order chi connectivity index (χ0) is 20.6. The second-order valence-corrected chi connectivity index (χ2v) is 8.85.